The molecule has 0 aliphatic rings. The minimum Gasteiger partial charge on any atom is -0.407 e. The zero-order chi connectivity index (χ0) is 16.1. The molecule has 1 unspecified atom stereocenters. The maximum absolute atomic E-state index is 11.4. The van der Waals surface area contributed by atoms with E-state index in [1.165, 1.54) is 0 Å². The van der Waals surface area contributed by atoms with E-state index in [-0.39, 0.29) is 13.2 Å². The Morgan fingerprint density at radius 1 is 1.19 bits per heavy atom. The van der Waals surface area contributed by atoms with Crippen LogP contribution in [-0.2, 0) is 13.9 Å². The summed E-state index contributed by atoms with van der Waals surface area (Å²) in [6.45, 7) is -0.376. The van der Waals surface area contributed by atoms with Crippen molar-refractivity contribution >= 4 is 15.0 Å². The van der Waals surface area contributed by atoms with E-state index in [9.17, 15) is 23.6 Å². The van der Waals surface area contributed by atoms with Gasteiger partial charge in [-0.15, -0.1) is 4.73 Å². The predicted octanol–water partition coefficient (Wildman–Crippen LogP) is -1.66. The number of rotatable bonds is 8. The van der Waals surface area contributed by atoms with Crippen LogP contribution in [0.1, 0.15) is 0 Å². The number of nitrogens with zero attached hydrogens (tertiary/aromatic N) is 1. The van der Waals surface area contributed by atoms with E-state index in [4.69, 9.17) is 19.4 Å². The Balaban J connectivity index is 2.35. The molecule has 0 saturated heterocycles. The van der Waals surface area contributed by atoms with Gasteiger partial charge in [0, 0.05) is 6.07 Å². The number of hydrogen-bond donors (Lipinski definition) is 4. The summed E-state index contributed by atoms with van der Waals surface area (Å²) >= 11 is 0. The molecule has 120 valence electrons. The van der Waals surface area contributed by atoms with Crippen LogP contribution in [0.5, 0.6) is 0 Å². The first-order chi connectivity index (χ1) is 9.59. The topological polar surface area (TPSA) is 168 Å². The van der Waals surface area contributed by atoms with Gasteiger partial charge in [-0.2, -0.15) is 0 Å². The van der Waals surface area contributed by atoms with Crippen molar-refractivity contribution in [3.8, 4) is 0 Å². The summed E-state index contributed by atoms with van der Waals surface area (Å²) in [5.41, 5.74) is -1.38. The third-order valence-corrected chi connectivity index (χ3v) is 5.78. The van der Waals surface area contributed by atoms with E-state index in [0.29, 0.717) is 0 Å². The molecule has 4 N–H and O–H groups in total. The fourth-order valence-electron chi connectivity index (χ4n) is 1.24. The highest BCUT2D eigenvalue weighted by atomic mass is 31.2. The van der Waals surface area contributed by atoms with Gasteiger partial charge in [0.25, 0.3) is 5.56 Å². The minimum atomic E-state index is -4.61. The van der Waals surface area contributed by atoms with Crippen molar-refractivity contribution in [1.82, 2.24) is 9.71 Å². The number of aromatic nitrogens is 2. The number of ether oxygens (including phenoxy) is 1. The molecule has 0 saturated carbocycles. The summed E-state index contributed by atoms with van der Waals surface area (Å²) in [7, 11) is -8.70. The molecule has 1 rings (SSSR count). The quantitative estimate of drug-likeness (QED) is 0.319. The monoisotopic (exact) mass is 344 g/mol. The van der Waals surface area contributed by atoms with Crippen LogP contribution < -0.4 is 16.1 Å². The normalized spacial score (nSPS) is 14.6. The lowest BCUT2D eigenvalue weighted by Gasteiger charge is -2.13. The molecule has 21 heavy (non-hydrogen) atoms. The highest BCUT2D eigenvalue weighted by Gasteiger charge is 2.29. The Hall–Kier alpha value is -1.22. The molecule has 0 radical (unpaired) electrons. The minimum absolute atomic E-state index is 0.179. The summed E-state index contributed by atoms with van der Waals surface area (Å²) in [5, 5.41) is 0. The van der Waals surface area contributed by atoms with E-state index in [1.807, 2.05) is 4.98 Å². The molecule has 1 heterocycles. The van der Waals surface area contributed by atoms with Crippen LogP contribution in [0.15, 0.2) is 21.9 Å². The number of hydrogen-bond acceptors (Lipinski definition) is 6. The van der Waals surface area contributed by atoms with Gasteiger partial charge >= 0.3 is 13.3 Å². The van der Waals surface area contributed by atoms with Gasteiger partial charge < -0.3 is 24.3 Å². The molecule has 1 atom stereocenters. The van der Waals surface area contributed by atoms with Gasteiger partial charge in [-0.1, -0.05) is 0 Å². The Labute approximate surface area is 117 Å². The first kappa shape index (κ1) is 17.8. The molecule has 11 nitrogen and oxygen atoms in total. The molecule has 1 aromatic heterocycles. The third kappa shape index (κ3) is 7.37. The molecule has 0 aromatic carbocycles. The first-order valence-corrected chi connectivity index (χ1v) is 9.30. The predicted molar refractivity (Wildman–Crippen MR) is 70.3 cm³/mol. The second kappa shape index (κ2) is 7.17. The van der Waals surface area contributed by atoms with Crippen LogP contribution in [0.25, 0.3) is 0 Å². The molecule has 0 spiro atoms. The van der Waals surface area contributed by atoms with Crippen molar-refractivity contribution in [3.63, 3.8) is 0 Å². The second-order valence-electron chi connectivity index (χ2n) is 3.96. The lowest BCUT2D eigenvalue weighted by atomic mass is 10.7. The fraction of sp³-hybridized carbons (Fsp3) is 0.500. The Kier molecular flexibility index (Phi) is 6.09. The van der Waals surface area contributed by atoms with Crippen molar-refractivity contribution in [2.75, 3.05) is 25.5 Å². The molecule has 13 heteroatoms. The molecular weight excluding hydrogens is 330 g/mol. The van der Waals surface area contributed by atoms with Gasteiger partial charge in [0.05, 0.1) is 12.8 Å². The van der Waals surface area contributed by atoms with Gasteiger partial charge in [0.1, 0.15) is 18.9 Å². The zero-order valence-electron chi connectivity index (χ0n) is 10.6. The number of aromatic amines is 1. The fourth-order valence-corrected chi connectivity index (χ4v) is 4.28. The maximum Gasteiger partial charge on any atom is 0.361 e. The van der Waals surface area contributed by atoms with Crippen LogP contribution in [0.4, 0.5) is 0 Å². The SMILES string of the molecule is O=c1ccn(OCCOCP(=O)(O)CP(=O)(O)O)c(=O)[nH]1. The molecule has 0 aliphatic carbocycles. The van der Waals surface area contributed by atoms with E-state index < -0.39 is 38.5 Å². The van der Waals surface area contributed by atoms with Crippen molar-refractivity contribution in [2.45, 2.75) is 0 Å². The lowest BCUT2D eigenvalue weighted by molar-refractivity contribution is 0.0436. The van der Waals surface area contributed by atoms with E-state index >= 15 is 0 Å². The Morgan fingerprint density at radius 2 is 1.86 bits per heavy atom. The van der Waals surface area contributed by atoms with Gasteiger partial charge in [-0.05, 0) is 0 Å². The summed E-state index contributed by atoms with van der Waals surface area (Å²) in [6, 6.07) is 1.06. The second-order valence-corrected chi connectivity index (χ2v) is 8.37. The highest BCUT2D eigenvalue weighted by molar-refractivity contribution is 7.72. The molecule has 0 fully saturated rings. The number of nitrogens with one attached hydrogen (secondary N) is 1. The van der Waals surface area contributed by atoms with Crippen LogP contribution in [0.2, 0.25) is 0 Å². The molecule has 1 aromatic rings. The Morgan fingerprint density at radius 3 is 2.43 bits per heavy atom. The van der Waals surface area contributed by atoms with Crippen LogP contribution in [0, 0.1) is 0 Å². The standard InChI is InChI=1S/C8H14N2O9P2/c11-7-1-2-10(8(12)9-7)19-4-3-18-5-20(13,14)6-21(15,16)17/h1-2H,3-6H2,(H,13,14)(H,9,11,12)(H2,15,16,17). The average Bonchev–Trinajstić information content (AvgIpc) is 2.27. The maximum atomic E-state index is 11.4. The number of H-pyrrole nitrogens is 1. The van der Waals surface area contributed by atoms with Crippen LogP contribution >= 0.6 is 15.0 Å². The summed E-state index contributed by atoms with van der Waals surface area (Å²) < 4.78 is 27.5. The Bertz CT molecular complexity index is 675. The smallest absolute Gasteiger partial charge is 0.361 e. The van der Waals surface area contributed by atoms with Gasteiger partial charge in [0.2, 0.25) is 7.37 Å². The van der Waals surface area contributed by atoms with Gasteiger partial charge in [-0.25, -0.2) is 4.79 Å². The van der Waals surface area contributed by atoms with Crippen molar-refractivity contribution in [1.29, 1.82) is 0 Å². The highest BCUT2D eigenvalue weighted by Crippen LogP contribution is 2.54. The first-order valence-electron chi connectivity index (χ1n) is 5.47. The summed E-state index contributed by atoms with van der Waals surface area (Å²) in [6.07, 6.45) is 0.341. The van der Waals surface area contributed by atoms with Gasteiger partial charge in [0.15, 0.2) is 0 Å². The summed E-state index contributed by atoms with van der Waals surface area (Å²) in [5.74, 6) is -1.17. The van der Waals surface area contributed by atoms with E-state index in [2.05, 4.69) is 0 Å². The zero-order valence-corrected chi connectivity index (χ0v) is 12.4. The van der Waals surface area contributed by atoms with Crippen molar-refractivity contribution in [2.24, 2.45) is 0 Å². The third-order valence-electron chi connectivity index (χ3n) is 1.95. The van der Waals surface area contributed by atoms with Gasteiger partial charge in [-0.3, -0.25) is 18.9 Å². The largest absolute Gasteiger partial charge is 0.407 e. The van der Waals surface area contributed by atoms with Crippen LogP contribution in [0.3, 0.4) is 0 Å². The average molecular weight is 344 g/mol. The lowest BCUT2D eigenvalue weighted by Crippen LogP contribution is -2.34. The van der Waals surface area contributed by atoms with Crippen LogP contribution in [-0.4, -0.2) is 49.9 Å². The van der Waals surface area contributed by atoms with Crippen molar-refractivity contribution in [3.05, 3.63) is 33.1 Å². The van der Waals surface area contributed by atoms with E-state index in [1.54, 1.807) is 0 Å². The van der Waals surface area contributed by atoms with E-state index in [0.717, 1.165) is 17.0 Å². The molecule has 0 aliphatic heterocycles. The molecule has 0 amide bonds. The summed E-state index contributed by atoms with van der Waals surface area (Å²) in [4.78, 5) is 55.2. The molecular formula is C8H14N2O9P2. The molecule has 0 bridgehead atoms. The van der Waals surface area contributed by atoms with Crippen molar-refractivity contribution < 1.29 is 33.4 Å².